The van der Waals surface area contributed by atoms with Crippen molar-refractivity contribution in [3.63, 3.8) is 0 Å². The Balaban J connectivity index is 2.47. The van der Waals surface area contributed by atoms with Crippen molar-refractivity contribution in [1.82, 2.24) is 0 Å². The van der Waals surface area contributed by atoms with Crippen molar-refractivity contribution in [3.05, 3.63) is 28.3 Å². The summed E-state index contributed by atoms with van der Waals surface area (Å²) < 4.78 is 5.63. The number of rotatable bonds is 4. The van der Waals surface area contributed by atoms with Gasteiger partial charge in [0.1, 0.15) is 0 Å². The van der Waals surface area contributed by atoms with Gasteiger partial charge in [-0.1, -0.05) is 6.92 Å². The molecule has 1 aliphatic heterocycles. The van der Waals surface area contributed by atoms with E-state index in [0.717, 1.165) is 6.42 Å². The lowest BCUT2D eigenvalue weighted by atomic mass is 10.0. The number of benzene rings is 1. The average Bonchev–Trinajstić information content (AvgIpc) is 2.42. The van der Waals surface area contributed by atoms with Crippen molar-refractivity contribution >= 4 is 17.3 Å². The lowest BCUT2D eigenvalue weighted by molar-refractivity contribution is -0.385. The maximum atomic E-state index is 12.5. The second-order valence-electron chi connectivity index (χ2n) is 5.61. The third kappa shape index (κ3) is 2.82. The molecule has 2 N–H and O–H groups in total. The van der Waals surface area contributed by atoms with Gasteiger partial charge in [0.15, 0.2) is 11.4 Å². The maximum Gasteiger partial charge on any atom is 0.273 e. The second-order valence-corrected chi connectivity index (χ2v) is 5.61. The van der Waals surface area contributed by atoms with Crippen molar-refractivity contribution in [2.24, 2.45) is 5.73 Å². The van der Waals surface area contributed by atoms with Gasteiger partial charge >= 0.3 is 0 Å². The van der Waals surface area contributed by atoms with Crippen LogP contribution in [0.3, 0.4) is 0 Å². The minimum absolute atomic E-state index is 0.0707. The van der Waals surface area contributed by atoms with Gasteiger partial charge in [-0.15, -0.1) is 0 Å². The zero-order chi connectivity index (χ0) is 15.8. The van der Waals surface area contributed by atoms with Crippen LogP contribution in [0, 0.1) is 10.1 Å². The van der Waals surface area contributed by atoms with E-state index in [-0.39, 0.29) is 17.6 Å². The van der Waals surface area contributed by atoms with E-state index >= 15 is 0 Å². The van der Waals surface area contributed by atoms with E-state index in [0.29, 0.717) is 18.0 Å². The summed E-state index contributed by atoms with van der Waals surface area (Å²) in [4.78, 5) is 24.4. The number of ether oxygens (including phenoxy) is 1. The Hall–Kier alpha value is -2.15. The van der Waals surface area contributed by atoms with Gasteiger partial charge in [0.2, 0.25) is 0 Å². The Morgan fingerprint density at radius 3 is 2.71 bits per heavy atom. The van der Waals surface area contributed by atoms with Gasteiger partial charge in [0.05, 0.1) is 16.7 Å². The topological polar surface area (TPSA) is 98.7 Å². The minimum atomic E-state index is -1.07. The van der Waals surface area contributed by atoms with E-state index in [1.54, 1.807) is 18.7 Å². The molecule has 7 nitrogen and oxygen atoms in total. The summed E-state index contributed by atoms with van der Waals surface area (Å²) in [6.07, 6.45) is 0.730. The molecule has 0 bridgehead atoms. The lowest BCUT2D eigenvalue weighted by Gasteiger charge is -2.39. The highest BCUT2D eigenvalue weighted by Crippen LogP contribution is 2.39. The van der Waals surface area contributed by atoms with Crippen LogP contribution in [0.4, 0.5) is 11.4 Å². The molecule has 1 aromatic rings. The van der Waals surface area contributed by atoms with Gasteiger partial charge in [-0.2, -0.15) is 0 Å². The number of carbonyl (C=O) groups is 1. The molecular weight excluding hydrogens is 274 g/mol. The molecule has 1 heterocycles. The zero-order valence-electron chi connectivity index (χ0n) is 12.3. The molecule has 0 fully saturated rings. The number of hydrogen-bond acceptors (Lipinski definition) is 5. The maximum absolute atomic E-state index is 12.5. The molecule has 0 saturated carbocycles. The molecule has 1 unspecified atom stereocenters. The summed E-state index contributed by atoms with van der Waals surface area (Å²) in [6, 6.07) is 4.07. The number of anilines is 1. The molecule has 2 rings (SSSR count). The first-order valence-corrected chi connectivity index (χ1v) is 6.81. The van der Waals surface area contributed by atoms with Gasteiger partial charge in [-0.25, -0.2) is 0 Å². The van der Waals surface area contributed by atoms with Crippen LogP contribution in [0.15, 0.2) is 18.2 Å². The first kappa shape index (κ1) is 15.2. The summed E-state index contributed by atoms with van der Waals surface area (Å²) in [7, 11) is 0. The van der Waals surface area contributed by atoms with Gasteiger partial charge in [0, 0.05) is 18.7 Å². The van der Waals surface area contributed by atoms with E-state index in [9.17, 15) is 14.9 Å². The third-order valence-corrected chi connectivity index (χ3v) is 3.51. The largest absolute Gasteiger partial charge is 0.476 e. The molecule has 1 atom stereocenters. The smallest absolute Gasteiger partial charge is 0.273 e. The standard InChI is InChI=1S/C14H19N3O4/c1-4-9(15)8-16-11-6-5-10(17(19)20)7-12(11)21-14(2,3)13(16)18/h5-7,9H,4,8,15H2,1-3H3. The number of carbonyl (C=O) groups excluding carboxylic acids is 1. The fourth-order valence-electron chi connectivity index (χ4n) is 2.22. The number of nitrogens with zero attached hydrogens (tertiary/aromatic N) is 2. The van der Waals surface area contributed by atoms with Crippen LogP contribution in [0.25, 0.3) is 0 Å². The van der Waals surface area contributed by atoms with Crippen molar-refractivity contribution < 1.29 is 14.5 Å². The molecule has 1 aliphatic rings. The molecule has 0 aromatic heterocycles. The molecule has 1 aromatic carbocycles. The van der Waals surface area contributed by atoms with Crippen LogP contribution in [0.5, 0.6) is 5.75 Å². The van der Waals surface area contributed by atoms with E-state index < -0.39 is 10.5 Å². The Morgan fingerprint density at radius 1 is 1.48 bits per heavy atom. The van der Waals surface area contributed by atoms with E-state index in [1.165, 1.54) is 18.2 Å². The van der Waals surface area contributed by atoms with Gasteiger partial charge < -0.3 is 15.4 Å². The molecule has 114 valence electrons. The van der Waals surface area contributed by atoms with E-state index in [1.807, 2.05) is 6.92 Å². The van der Waals surface area contributed by atoms with Gasteiger partial charge in [0.25, 0.3) is 11.6 Å². The van der Waals surface area contributed by atoms with Crippen LogP contribution < -0.4 is 15.4 Å². The van der Waals surface area contributed by atoms with Crippen LogP contribution in [-0.4, -0.2) is 29.0 Å². The molecular formula is C14H19N3O4. The minimum Gasteiger partial charge on any atom is -0.476 e. The number of nitrogens with two attached hydrogens (primary N) is 1. The van der Waals surface area contributed by atoms with Gasteiger partial charge in [-0.3, -0.25) is 14.9 Å². The summed E-state index contributed by atoms with van der Waals surface area (Å²) in [5, 5.41) is 10.9. The summed E-state index contributed by atoms with van der Waals surface area (Å²) in [5.74, 6) is 0.129. The van der Waals surface area contributed by atoms with Crippen molar-refractivity contribution in [2.75, 3.05) is 11.4 Å². The Kier molecular flexibility index (Phi) is 3.87. The fraction of sp³-hybridized carbons (Fsp3) is 0.500. The normalized spacial score (nSPS) is 17.9. The predicted molar refractivity (Wildman–Crippen MR) is 78.4 cm³/mol. The van der Waals surface area contributed by atoms with Crippen molar-refractivity contribution in [1.29, 1.82) is 0 Å². The Bertz CT molecular complexity index is 586. The highest BCUT2D eigenvalue weighted by molar-refractivity contribution is 6.02. The number of hydrogen-bond donors (Lipinski definition) is 1. The molecule has 7 heteroatoms. The SMILES string of the molecule is CCC(N)CN1C(=O)C(C)(C)Oc2cc([N+](=O)[O-])ccc21. The first-order valence-electron chi connectivity index (χ1n) is 6.81. The monoisotopic (exact) mass is 293 g/mol. The third-order valence-electron chi connectivity index (χ3n) is 3.51. The molecule has 0 saturated heterocycles. The summed E-state index contributed by atoms with van der Waals surface area (Å²) >= 11 is 0. The quantitative estimate of drug-likeness (QED) is 0.674. The van der Waals surface area contributed by atoms with Crippen LogP contribution in [-0.2, 0) is 4.79 Å². The molecule has 0 aliphatic carbocycles. The average molecular weight is 293 g/mol. The highest BCUT2D eigenvalue weighted by Gasteiger charge is 2.41. The molecule has 1 amide bonds. The van der Waals surface area contributed by atoms with Crippen LogP contribution in [0.1, 0.15) is 27.2 Å². The molecule has 0 spiro atoms. The number of non-ortho nitro benzene ring substituents is 1. The summed E-state index contributed by atoms with van der Waals surface area (Å²) in [6.45, 7) is 5.58. The highest BCUT2D eigenvalue weighted by atomic mass is 16.6. The van der Waals surface area contributed by atoms with Crippen molar-refractivity contribution in [3.8, 4) is 5.75 Å². The molecule has 21 heavy (non-hydrogen) atoms. The molecule has 0 radical (unpaired) electrons. The van der Waals surface area contributed by atoms with Crippen molar-refractivity contribution in [2.45, 2.75) is 38.8 Å². The van der Waals surface area contributed by atoms with E-state index in [2.05, 4.69) is 0 Å². The van der Waals surface area contributed by atoms with E-state index in [4.69, 9.17) is 10.5 Å². The second kappa shape index (κ2) is 5.33. The lowest BCUT2D eigenvalue weighted by Crippen LogP contribution is -2.55. The fourth-order valence-corrected chi connectivity index (χ4v) is 2.22. The predicted octanol–water partition coefficient (Wildman–Crippen LogP) is 1.84. The number of amides is 1. The van der Waals surface area contributed by atoms with Crippen LogP contribution >= 0.6 is 0 Å². The Labute approximate surface area is 122 Å². The first-order chi connectivity index (χ1) is 9.76. The zero-order valence-corrected chi connectivity index (χ0v) is 12.3. The van der Waals surface area contributed by atoms with Crippen LogP contribution in [0.2, 0.25) is 0 Å². The summed E-state index contributed by atoms with van der Waals surface area (Å²) in [5.41, 5.74) is 5.32. The van der Waals surface area contributed by atoms with Gasteiger partial charge in [-0.05, 0) is 26.3 Å². The number of fused-ring (bicyclic) bond motifs is 1. The Morgan fingerprint density at radius 2 is 2.14 bits per heavy atom. The number of nitro groups is 1. The number of nitro benzene ring substituents is 1.